The molecule has 9 rings (SSSR count). The van der Waals surface area contributed by atoms with Gasteiger partial charge in [0.25, 0.3) is 0 Å². The summed E-state index contributed by atoms with van der Waals surface area (Å²) in [6, 6.07) is 48.5. The second kappa shape index (κ2) is 8.95. The zero-order valence-corrected chi connectivity index (χ0v) is 22.8. The third-order valence-electron chi connectivity index (χ3n) is 8.72. The summed E-state index contributed by atoms with van der Waals surface area (Å²) in [7, 11) is 0. The first-order valence-electron chi connectivity index (χ1n) is 14.3. The van der Waals surface area contributed by atoms with Crippen LogP contribution in [0.4, 0.5) is 0 Å². The molecule has 0 saturated carbocycles. The van der Waals surface area contributed by atoms with E-state index in [9.17, 15) is 0 Å². The molecule has 0 bridgehead atoms. The van der Waals surface area contributed by atoms with Crippen LogP contribution in [0, 0.1) is 0 Å². The van der Waals surface area contributed by atoms with Gasteiger partial charge in [0.15, 0.2) is 5.82 Å². The Labute approximate surface area is 243 Å². The Morgan fingerprint density at radius 2 is 1.05 bits per heavy atom. The van der Waals surface area contributed by atoms with Gasteiger partial charge in [-0.25, -0.2) is 9.97 Å². The van der Waals surface area contributed by atoms with Crippen LogP contribution in [0.1, 0.15) is 0 Å². The molecule has 1 aliphatic rings. The fraction of sp³-hybridized carbons (Fsp3) is 0. The molecule has 0 unspecified atom stereocenters. The van der Waals surface area contributed by atoms with E-state index < -0.39 is 0 Å². The number of aromatic nitrogens is 2. The van der Waals surface area contributed by atoms with Gasteiger partial charge in [-0.3, -0.25) is 0 Å². The van der Waals surface area contributed by atoms with E-state index in [1.807, 2.05) is 6.07 Å². The van der Waals surface area contributed by atoms with Crippen LogP contribution >= 0.6 is 0 Å². The molecule has 7 aromatic carbocycles. The Balaban J connectivity index is 1.19. The Hall–Kier alpha value is -5.60. The molecule has 0 atom stereocenters. The van der Waals surface area contributed by atoms with E-state index >= 15 is 0 Å². The fourth-order valence-electron chi connectivity index (χ4n) is 6.85. The largest absolute Gasteiger partial charge is 0.237 e. The standard InChI is InChI=1S/C40H24N2/c1-2-11-33-25(7-1)15-18-35-36-20-19-32(34-13-5-14-37(38(33)35)39(34)36)27-9-3-8-26(23-27)30-12-4-10-28-24-29(16-17-31(28)30)40-41-21-6-22-42-40/h1-24H. The molecule has 0 saturated heterocycles. The summed E-state index contributed by atoms with van der Waals surface area (Å²) in [6.45, 7) is 0. The van der Waals surface area contributed by atoms with Crippen LogP contribution in [-0.2, 0) is 0 Å². The lowest BCUT2D eigenvalue weighted by atomic mass is 9.91. The van der Waals surface area contributed by atoms with Gasteiger partial charge in [0, 0.05) is 18.0 Å². The minimum absolute atomic E-state index is 0.744. The van der Waals surface area contributed by atoms with Crippen LogP contribution in [0.25, 0.3) is 88.2 Å². The summed E-state index contributed by atoms with van der Waals surface area (Å²) < 4.78 is 0. The molecule has 0 fully saturated rings. The van der Waals surface area contributed by atoms with Gasteiger partial charge in [-0.05, 0) is 95.0 Å². The predicted molar refractivity (Wildman–Crippen MR) is 175 cm³/mol. The van der Waals surface area contributed by atoms with Gasteiger partial charge in [0.2, 0.25) is 0 Å². The lowest BCUT2D eigenvalue weighted by Crippen LogP contribution is -1.88. The van der Waals surface area contributed by atoms with Gasteiger partial charge in [-0.15, -0.1) is 0 Å². The Bertz CT molecular complexity index is 2350. The highest BCUT2D eigenvalue weighted by Gasteiger charge is 2.24. The lowest BCUT2D eigenvalue weighted by Gasteiger charge is -2.13. The maximum Gasteiger partial charge on any atom is 0.159 e. The van der Waals surface area contributed by atoms with Crippen molar-refractivity contribution in [2.45, 2.75) is 0 Å². The SMILES string of the molecule is c1cnc(-c2ccc3c(-c4cccc(-c5ccc6c7c(cccc57)-c5c-6ccc6ccccc56)c4)cccc3c2)nc1. The topological polar surface area (TPSA) is 25.8 Å². The molecule has 8 aromatic rings. The Morgan fingerprint density at radius 3 is 1.95 bits per heavy atom. The molecule has 2 nitrogen and oxygen atoms in total. The summed E-state index contributed by atoms with van der Waals surface area (Å²) in [5.74, 6) is 0.744. The highest BCUT2D eigenvalue weighted by Crippen LogP contribution is 2.51. The van der Waals surface area contributed by atoms with Gasteiger partial charge in [-0.2, -0.15) is 0 Å². The van der Waals surface area contributed by atoms with Crippen molar-refractivity contribution >= 4 is 32.3 Å². The molecule has 194 valence electrons. The van der Waals surface area contributed by atoms with Crippen LogP contribution in [-0.4, -0.2) is 9.97 Å². The van der Waals surface area contributed by atoms with Gasteiger partial charge in [-0.1, -0.05) is 115 Å². The molecule has 0 amide bonds. The van der Waals surface area contributed by atoms with E-state index in [4.69, 9.17) is 0 Å². The van der Waals surface area contributed by atoms with E-state index in [1.54, 1.807) is 12.4 Å². The number of nitrogens with zero attached hydrogens (tertiary/aromatic N) is 2. The van der Waals surface area contributed by atoms with Crippen LogP contribution in [0.3, 0.4) is 0 Å². The second-order valence-corrected chi connectivity index (χ2v) is 11.0. The number of hydrogen-bond donors (Lipinski definition) is 0. The van der Waals surface area contributed by atoms with Crippen molar-refractivity contribution in [3.8, 4) is 55.9 Å². The van der Waals surface area contributed by atoms with Crippen molar-refractivity contribution in [3.05, 3.63) is 146 Å². The van der Waals surface area contributed by atoms with Crippen molar-refractivity contribution in [2.75, 3.05) is 0 Å². The first kappa shape index (κ1) is 23.1. The molecular weight excluding hydrogens is 508 g/mol. The van der Waals surface area contributed by atoms with Gasteiger partial charge < -0.3 is 0 Å². The van der Waals surface area contributed by atoms with E-state index in [0.29, 0.717) is 0 Å². The summed E-state index contributed by atoms with van der Waals surface area (Å²) in [5, 5.41) is 7.66. The van der Waals surface area contributed by atoms with Crippen LogP contribution in [0.2, 0.25) is 0 Å². The average Bonchev–Trinajstić information content (AvgIpc) is 3.40. The zero-order chi connectivity index (χ0) is 27.6. The zero-order valence-electron chi connectivity index (χ0n) is 22.8. The van der Waals surface area contributed by atoms with Crippen molar-refractivity contribution in [1.29, 1.82) is 0 Å². The molecule has 1 heterocycles. The second-order valence-electron chi connectivity index (χ2n) is 11.0. The van der Waals surface area contributed by atoms with Crippen molar-refractivity contribution in [3.63, 3.8) is 0 Å². The van der Waals surface area contributed by atoms with Crippen molar-refractivity contribution < 1.29 is 0 Å². The summed E-state index contributed by atoms with van der Waals surface area (Å²) in [4.78, 5) is 8.88. The Morgan fingerprint density at radius 1 is 0.357 bits per heavy atom. The lowest BCUT2D eigenvalue weighted by molar-refractivity contribution is 1.18. The fourth-order valence-corrected chi connectivity index (χ4v) is 6.85. The van der Waals surface area contributed by atoms with E-state index in [-0.39, 0.29) is 0 Å². The molecule has 0 aliphatic heterocycles. The minimum Gasteiger partial charge on any atom is -0.237 e. The van der Waals surface area contributed by atoms with Crippen molar-refractivity contribution in [2.24, 2.45) is 0 Å². The predicted octanol–water partition coefficient (Wildman–Crippen LogP) is 10.6. The monoisotopic (exact) mass is 532 g/mol. The number of hydrogen-bond acceptors (Lipinski definition) is 2. The first-order valence-corrected chi connectivity index (χ1v) is 14.3. The summed E-state index contributed by atoms with van der Waals surface area (Å²) in [5.41, 5.74) is 11.3. The third-order valence-corrected chi connectivity index (χ3v) is 8.72. The average molecular weight is 533 g/mol. The normalized spacial score (nSPS) is 11.8. The third kappa shape index (κ3) is 3.39. The van der Waals surface area contributed by atoms with E-state index in [2.05, 4.69) is 137 Å². The van der Waals surface area contributed by atoms with E-state index in [1.165, 1.54) is 76.8 Å². The maximum absolute atomic E-state index is 4.44. The molecular formula is C40H24N2. The molecule has 0 radical (unpaired) electrons. The van der Waals surface area contributed by atoms with Crippen LogP contribution < -0.4 is 0 Å². The summed E-state index contributed by atoms with van der Waals surface area (Å²) in [6.07, 6.45) is 3.57. The molecule has 42 heavy (non-hydrogen) atoms. The first-order chi connectivity index (χ1) is 20.8. The smallest absolute Gasteiger partial charge is 0.159 e. The Kier molecular flexibility index (Phi) is 4.93. The number of fused-ring (bicyclic) bond motifs is 6. The quantitative estimate of drug-likeness (QED) is 0.226. The van der Waals surface area contributed by atoms with Gasteiger partial charge in [0.1, 0.15) is 0 Å². The molecule has 0 N–H and O–H groups in total. The van der Waals surface area contributed by atoms with Crippen molar-refractivity contribution in [1.82, 2.24) is 9.97 Å². The molecule has 0 spiro atoms. The maximum atomic E-state index is 4.44. The van der Waals surface area contributed by atoms with Gasteiger partial charge >= 0.3 is 0 Å². The highest BCUT2D eigenvalue weighted by molar-refractivity contribution is 6.23. The van der Waals surface area contributed by atoms with Gasteiger partial charge in [0.05, 0.1) is 0 Å². The highest BCUT2D eigenvalue weighted by atomic mass is 14.8. The number of benzene rings is 7. The number of rotatable bonds is 3. The minimum atomic E-state index is 0.744. The van der Waals surface area contributed by atoms with Crippen LogP contribution in [0.15, 0.2) is 146 Å². The summed E-state index contributed by atoms with van der Waals surface area (Å²) >= 11 is 0. The molecule has 2 heteroatoms. The molecule has 1 aromatic heterocycles. The van der Waals surface area contributed by atoms with E-state index in [0.717, 1.165) is 11.4 Å². The van der Waals surface area contributed by atoms with Crippen LogP contribution in [0.5, 0.6) is 0 Å². The molecule has 1 aliphatic carbocycles.